The van der Waals surface area contributed by atoms with Gasteiger partial charge in [-0.15, -0.1) is 0 Å². The molecule has 3 nitrogen and oxygen atoms in total. The average molecular weight is 346 g/mol. The van der Waals surface area contributed by atoms with E-state index >= 15 is 0 Å². The van der Waals surface area contributed by atoms with Gasteiger partial charge in [0.05, 0.1) is 5.56 Å². The minimum atomic E-state index is -1.02. The molecular formula is C22H15FO3. The monoisotopic (exact) mass is 346 g/mol. The summed E-state index contributed by atoms with van der Waals surface area (Å²) in [6.07, 6.45) is 2.95. The topological polar surface area (TPSA) is 54.4 Å². The predicted molar refractivity (Wildman–Crippen MR) is 98.6 cm³/mol. The molecule has 0 heterocycles. The van der Waals surface area contributed by atoms with E-state index in [1.54, 1.807) is 54.6 Å². The summed E-state index contributed by atoms with van der Waals surface area (Å²) < 4.78 is 13.5. The number of halogens is 1. The van der Waals surface area contributed by atoms with Gasteiger partial charge in [-0.25, -0.2) is 9.18 Å². The molecule has 0 aliphatic rings. The van der Waals surface area contributed by atoms with Crippen LogP contribution in [0, 0.1) is 5.82 Å². The Hall–Kier alpha value is -3.53. The zero-order chi connectivity index (χ0) is 18.5. The van der Waals surface area contributed by atoms with Crippen LogP contribution < -0.4 is 0 Å². The molecular weight excluding hydrogens is 331 g/mol. The Morgan fingerprint density at radius 1 is 0.885 bits per heavy atom. The van der Waals surface area contributed by atoms with Crippen molar-refractivity contribution in [2.24, 2.45) is 0 Å². The first-order valence-electron chi connectivity index (χ1n) is 7.95. The molecule has 0 aliphatic heterocycles. The van der Waals surface area contributed by atoms with Crippen LogP contribution >= 0.6 is 0 Å². The van der Waals surface area contributed by atoms with Gasteiger partial charge in [-0.05, 0) is 47.0 Å². The number of allylic oxidation sites excluding steroid dienone is 1. The first kappa shape index (κ1) is 17.3. The number of rotatable bonds is 5. The summed E-state index contributed by atoms with van der Waals surface area (Å²) in [4.78, 5) is 23.6. The normalized spacial score (nSPS) is 10.8. The molecule has 0 spiro atoms. The zero-order valence-electron chi connectivity index (χ0n) is 13.7. The number of carbonyl (C=O) groups excluding carboxylic acids is 1. The molecule has 0 unspecified atom stereocenters. The van der Waals surface area contributed by atoms with E-state index in [2.05, 4.69) is 0 Å². The second-order valence-corrected chi connectivity index (χ2v) is 5.68. The van der Waals surface area contributed by atoms with Gasteiger partial charge in [0.2, 0.25) is 0 Å². The minimum absolute atomic E-state index is 0.153. The van der Waals surface area contributed by atoms with Crippen LogP contribution in [0.2, 0.25) is 0 Å². The van der Waals surface area contributed by atoms with Gasteiger partial charge in [-0.3, -0.25) is 4.79 Å². The summed E-state index contributed by atoms with van der Waals surface area (Å²) in [6.45, 7) is 0. The van der Waals surface area contributed by atoms with E-state index in [1.165, 1.54) is 30.3 Å². The molecule has 4 heteroatoms. The first-order chi connectivity index (χ1) is 12.5. The van der Waals surface area contributed by atoms with Crippen LogP contribution in [-0.4, -0.2) is 16.9 Å². The van der Waals surface area contributed by atoms with Crippen LogP contribution in [0.1, 0.15) is 26.3 Å². The summed E-state index contributed by atoms with van der Waals surface area (Å²) in [5, 5.41) is 9.03. The highest BCUT2D eigenvalue weighted by Gasteiger charge is 2.10. The molecule has 128 valence electrons. The molecule has 3 aromatic rings. The number of benzene rings is 3. The molecule has 3 aromatic carbocycles. The fraction of sp³-hybridized carbons (Fsp3) is 0. The molecule has 0 fully saturated rings. The number of hydrogen-bond donors (Lipinski definition) is 1. The number of aromatic carboxylic acids is 1. The van der Waals surface area contributed by atoms with E-state index in [1.807, 2.05) is 0 Å². The van der Waals surface area contributed by atoms with Crippen molar-refractivity contribution in [1.29, 1.82) is 0 Å². The standard InChI is InChI=1S/C22H15FO3/c23-18-8-4-6-16(14-18)19-9-1-2-10-20(19)21(24)12-11-15-5-3-7-17(13-15)22(25)26/h1-14H,(H,25,26)/b12-11+. The van der Waals surface area contributed by atoms with E-state index in [0.717, 1.165) is 0 Å². The van der Waals surface area contributed by atoms with Gasteiger partial charge in [0, 0.05) is 5.56 Å². The Bertz CT molecular complexity index is 1010. The Kier molecular flexibility index (Phi) is 5.04. The third-order valence-electron chi connectivity index (χ3n) is 3.89. The number of carboxylic acids is 1. The molecule has 0 amide bonds. The van der Waals surface area contributed by atoms with Crippen LogP contribution in [0.25, 0.3) is 17.2 Å². The SMILES string of the molecule is O=C(O)c1cccc(/C=C/C(=O)c2ccccc2-c2cccc(F)c2)c1. The van der Waals surface area contributed by atoms with Crippen molar-refractivity contribution in [1.82, 2.24) is 0 Å². The van der Waals surface area contributed by atoms with Gasteiger partial charge in [-0.1, -0.05) is 54.6 Å². The number of carbonyl (C=O) groups is 2. The van der Waals surface area contributed by atoms with Crippen LogP contribution in [0.3, 0.4) is 0 Å². The van der Waals surface area contributed by atoms with Gasteiger partial charge in [-0.2, -0.15) is 0 Å². The Morgan fingerprint density at radius 2 is 1.65 bits per heavy atom. The second kappa shape index (κ2) is 7.57. The van der Waals surface area contributed by atoms with Crippen LogP contribution in [0.15, 0.2) is 78.9 Å². The van der Waals surface area contributed by atoms with Gasteiger partial charge in [0.25, 0.3) is 0 Å². The summed E-state index contributed by atoms with van der Waals surface area (Å²) in [5.74, 6) is -1.64. The third-order valence-corrected chi connectivity index (χ3v) is 3.89. The van der Waals surface area contributed by atoms with Crippen LogP contribution in [0.4, 0.5) is 4.39 Å². The minimum Gasteiger partial charge on any atom is -0.478 e. The van der Waals surface area contributed by atoms with Gasteiger partial charge in [0.1, 0.15) is 5.82 Å². The molecule has 0 atom stereocenters. The van der Waals surface area contributed by atoms with Crippen molar-refractivity contribution in [3.05, 3.63) is 101 Å². The largest absolute Gasteiger partial charge is 0.478 e. The molecule has 0 aromatic heterocycles. The number of hydrogen-bond acceptors (Lipinski definition) is 2. The maximum absolute atomic E-state index is 13.5. The Morgan fingerprint density at radius 3 is 2.42 bits per heavy atom. The van der Waals surface area contributed by atoms with Crippen molar-refractivity contribution in [3.63, 3.8) is 0 Å². The maximum Gasteiger partial charge on any atom is 0.335 e. The molecule has 1 N–H and O–H groups in total. The fourth-order valence-corrected chi connectivity index (χ4v) is 2.64. The quantitative estimate of drug-likeness (QED) is 0.517. The van der Waals surface area contributed by atoms with Crippen molar-refractivity contribution < 1.29 is 19.1 Å². The van der Waals surface area contributed by atoms with Crippen LogP contribution in [-0.2, 0) is 0 Å². The maximum atomic E-state index is 13.5. The zero-order valence-corrected chi connectivity index (χ0v) is 13.7. The van der Waals surface area contributed by atoms with E-state index in [4.69, 9.17) is 5.11 Å². The smallest absolute Gasteiger partial charge is 0.335 e. The molecule has 3 rings (SSSR count). The highest BCUT2D eigenvalue weighted by Crippen LogP contribution is 2.25. The van der Waals surface area contributed by atoms with Crippen molar-refractivity contribution in [2.45, 2.75) is 0 Å². The highest BCUT2D eigenvalue weighted by atomic mass is 19.1. The van der Waals surface area contributed by atoms with Gasteiger partial charge in [0.15, 0.2) is 5.78 Å². The lowest BCUT2D eigenvalue weighted by Crippen LogP contribution is -1.98. The second-order valence-electron chi connectivity index (χ2n) is 5.68. The van der Waals surface area contributed by atoms with E-state index in [-0.39, 0.29) is 17.2 Å². The average Bonchev–Trinajstić information content (AvgIpc) is 2.66. The van der Waals surface area contributed by atoms with Gasteiger partial charge >= 0.3 is 5.97 Å². The van der Waals surface area contributed by atoms with E-state index < -0.39 is 5.97 Å². The lowest BCUT2D eigenvalue weighted by Gasteiger charge is -2.07. The molecule has 0 saturated carbocycles. The molecule has 0 saturated heterocycles. The van der Waals surface area contributed by atoms with Crippen molar-refractivity contribution in [2.75, 3.05) is 0 Å². The van der Waals surface area contributed by atoms with Crippen LogP contribution in [0.5, 0.6) is 0 Å². The fourth-order valence-electron chi connectivity index (χ4n) is 2.64. The van der Waals surface area contributed by atoms with E-state index in [9.17, 15) is 14.0 Å². The third kappa shape index (κ3) is 3.92. The van der Waals surface area contributed by atoms with Crippen molar-refractivity contribution >= 4 is 17.8 Å². The molecule has 0 bridgehead atoms. The Balaban J connectivity index is 1.92. The first-order valence-corrected chi connectivity index (χ1v) is 7.95. The summed E-state index contributed by atoms with van der Waals surface area (Å²) in [5.41, 5.74) is 2.47. The van der Waals surface area contributed by atoms with Gasteiger partial charge < -0.3 is 5.11 Å². The summed E-state index contributed by atoms with van der Waals surface area (Å²) in [6, 6.07) is 19.4. The molecule has 26 heavy (non-hydrogen) atoms. The van der Waals surface area contributed by atoms with Crippen molar-refractivity contribution in [3.8, 4) is 11.1 Å². The molecule has 0 radical (unpaired) electrons. The lowest BCUT2D eigenvalue weighted by atomic mass is 9.96. The lowest BCUT2D eigenvalue weighted by molar-refractivity contribution is 0.0696. The predicted octanol–water partition coefficient (Wildman–Crippen LogP) is 5.09. The number of carboxylic acid groups (broad SMARTS) is 1. The van der Waals surface area contributed by atoms with E-state index in [0.29, 0.717) is 22.3 Å². The summed E-state index contributed by atoms with van der Waals surface area (Å²) in [7, 11) is 0. The highest BCUT2D eigenvalue weighted by molar-refractivity contribution is 6.11. The number of ketones is 1. The summed E-state index contributed by atoms with van der Waals surface area (Å²) >= 11 is 0. The molecule has 0 aliphatic carbocycles. The Labute approximate surface area is 150 Å².